The van der Waals surface area contributed by atoms with Crippen molar-refractivity contribution in [2.45, 2.75) is 0 Å². The topological polar surface area (TPSA) is 40.5 Å². The SMILES string of the molecule is Oc1ccc2c(ccc3c4ccc5cc(O)ccc5c4sc23)c1. The number of fused-ring (bicyclic) bond motifs is 7. The lowest BCUT2D eigenvalue weighted by Crippen LogP contribution is -1.74. The first-order chi connectivity index (χ1) is 11.2. The summed E-state index contributed by atoms with van der Waals surface area (Å²) < 4.78 is 2.47. The van der Waals surface area contributed by atoms with Crippen molar-refractivity contribution < 1.29 is 10.2 Å². The minimum absolute atomic E-state index is 0.291. The van der Waals surface area contributed by atoms with Gasteiger partial charge in [-0.05, 0) is 57.9 Å². The Morgan fingerprint density at radius 3 is 1.43 bits per heavy atom. The van der Waals surface area contributed by atoms with E-state index in [-0.39, 0.29) is 0 Å². The van der Waals surface area contributed by atoms with Gasteiger partial charge in [-0.2, -0.15) is 0 Å². The van der Waals surface area contributed by atoms with Gasteiger partial charge < -0.3 is 10.2 Å². The second-order valence-corrected chi connectivity index (χ2v) is 6.82. The largest absolute Gasteiger partial charge is 0.508 e. The fourth-order valence-electron chi connectivity index (χ4n) is 3.32. The zero-order chi connectivity index (χ0) is 15.6. The molecular formula is C20H12O2S. The van der Waals surface area contributed by atoms with E-state index in [0.29, 0.717) is 11.5 Å². The molecule has 0 saturated heterocycles. The van der Waals surface area contributed by atoms with Gasteiger partial charge in [0.05, 0.1) is 0 Å². The van der Waals surface area contributed by atoms with E-state index in [1.165, 1.54) is 20.2 Å². The predicted octanol–water partition coefficient (Wildman–Crippen LogP) is 5.77. The number of phenols is 2. The molecule has 0 amide bonds. The van der Waals surface area contributed by atoms with Crippen LogP contribution in [0.4, 0.5) is 0 Å². The molecule has 0 aliphatic carbocycles. The Balaban J connectivity index is 2.01. The van der Waals surface area contributed by atoms with Gasteiger partial charge in [-0.3, -0.25) is 0 Å². The fraction of sp³-hybridized carbons (Fsp3) is 0. The summed E-state index contributed by atoms with van der Waals surface area (Å²) in [6.07, 6.45) is 0. The van der Waals surface area contributed by atoms with Gasteiger partial charge in [-0.1, -0.05) is 24.3 Å². The van der Waals surface area contributed by atoms with Crippen molar-refractivity contribution in [2.75, 3.05) is 0 Å². The van der Waals surface area contributed by atoms with Crippen LogP contribution in [0, 0.1) is 0 Å². The fourth-order valence-corrected chi connectivity index (χ4v) is 4.70. The first-order valence-corrected chi connectivity index (χ1v) is 8.22. The Hall–Kier alpha value is -2.78. The maximum atomic E-state index is 9.69. The number of rotatable bonds is 0. The molecule has 3 heteroatoms. The van der Waals surface area contributed by atoms with E-state index in [1.807, 2.05) is 12.1 Å². The van der Waals surface area contributed by atoms with Crippen molar-refractivity contribution in [3.8, 4) is 11.5 Å². The van der Waals surface area contributed by atoms with Gasteiger partial charge in [-0.25, -0.2) is 0 Å². The van der Waals surface area contributed by atoms with Crippen LogP contribution in [0.5, 0.6) is 11.5 Å². The van der Waals surface area contributed by atoms with Gasteiger partial charge in [0, 0.05) is 20.2 Å². The van der Waals surface area contributed by atoms with Crippen LogP contribution in [0.1, 0.15) is 0 Å². The van der Waals surface area contributed by atoms with E-state index in [9.17, 15) is 10.2 Å². The predicted molar refractivity (Wildman–Crippen MR) is 97.7 cm³/mol. The molecule has 2 N–H and O–H groups in total. The molecule has 0 unspecified atom stereocenters. The molecule has 0 saturated carbocycles. The third-order valence-corrected chi connectivity index (χ3v) is 5.69. The van der Waals surface area contributed by atoms with Crippen molar-refractivity contribution in [1.29, 1.82) is 0 Å². The number of aromatic hydroxyl groups is 2. The molecule has 5 aromatic rings. The molecular weight excluding hydrogens is 304 g/mol. The van der Waals surface area contributed by atoms with Crippen LogP contribution >= 0.6 is 11.3 Å². The van der Waals surface area contributed by atoms with Gasteiger partial charge in [0.15, 0.2) is 0 Å². The normalized spacial score (nSPS) is 11.8. The van der Waals surface area contributed by atoms with Crippen LogP contribution in [0.2, 0.25) is 0 Å². The number of hydrogen-bond donors (Lipinski definition) is 2. The monoisotopic (exact) mass is 316 g/mol. The van der Waals surface area contributed by atoms with Crippen molar-refractivity contribution >= 4 is 53.1 Å². The molecule has 4 aromatic carbocycles. The molecule has 1 aromatic heterocycles. The summed E-state index contributed by atoms with van der Waals surface area (Å²) in [5.41, 5.74) is 0. The van der Waals surface area contributed by atoms with Crippen LogP contribution in [-0.4, -0.2) is 10.2 Å². The second kappa shape index (κ2) is 4.37. The van der Waals surface area contributed by atoms with Gasteiger partial charge in [0.1, 0.15) is 11.5 Å². The summed E-state index contributed by atoms with van der Waals surface area (Å²) >= 11 is 1.77. The van der Waals surface area contributed by atoms with Crippen LogP contribution in [-0.2, 0) is 0 Å². The van der Waals surface area contributed by atoms with Crippen molar-refractivity contribution in [2.24, 2.45) is 0 Å². The van der Waals surface area contributed by atoms with Crippen molar-refractivity contribution in [1.82, 2.24) is 0 Å². The minimum Gasteiger partial charge on any atom is -0.508 e. The zero-order valence-electron chi connectivity index (χ0n) is 12.1. The molecule has 2 nitrogen and oxygen atoms in total. The molecule has 0 fully saturated rings. The smallest absolute Gasteiger partial charge is 0.116 e. The highest BCUT2D eigenvalue weighted by molar-refractivity contribution is 7.27. The molecule has 0 aliphatic heterocycles. The van der Waals surface area contributed by atoms with Gasteiger partial charge in [-0.15, -0.1) is 11.3 Å². The van der Waals surface area contributed by atoms with E-state index in [0.717, 1.165) is 21.5 Å². The highest BCUT2D eigenvalue weighted by Crippen LogP contribution is 2.42. The average Bonchev–Trinajstić information content (AvgIpc) is 2.93. The maximum Gasteiger partial charge on any atom is 0.116 e. The van der Waals surface area contributed by atoms with Crippen LogP contribution in [0.3, 0.4) is 0 Å². The van der Waals surface area contributed by atoms with E-state index in [4.69, 9.17) is 0 Å². The molecule has 110 valence electrons. The van der Waals surface area contributed by atoms with Gasteiger partial charge >= 0.3 is 0 Å². The van der Waals surface area contributed by atoms with Crippen LogP contribution in [0.25, 0.3) is 41.7 Å². The first-order valence-electron chi connectivity index (χ1n) is 7.40. The Labute approximate surface area is 135 Å². The standard InChI is InChI=1S/C20H12O2S/c21-13-3-7-15-11(9-13)1-5-17-18-6-2-12-10-14(22)4-8-16(12)20(18)23-19(15)17/h1-10,21-22H. The first kappa shape index (κ1) is 12.7. The quantitative estimate of drug-likeness (QED) is 0.380. The molecule has 0 atom stereocenters. The van der Waals surface area contributed by atoms with Gasteiger partial charge in [0.25, 0.3) is 0 Å². The summed E-state index contributed by atoms with van der Waals surface area (Å²) in [6, 6.07) is 19.4. The van der Waals surface area contributed by atoms with Crippen molar-refractivity contribution in [3.05, 3.63) is 60.7 Å². The number of thiophene rings is 1. The molecule has 5 rings (SSSR count). The maximum absolute atomic E-state index is 9.69. The molecule has 0 aliphatic rings. The highest BCUT2D eigenvalue weighted by atomic mass is 32.1. The van der Waals surface area contributed by atoms with E-state index < -0.39 is 0 Å². The Morgan fingerprint density at radius 2 is 0.957 bits per heavy atom. The van der Waals surface area contributed by atoms with Gasteiger partial charge in [0.2, 0.25) is 0 Å². The lowest BCUT2D eigenvalue weighted by molar-refractivity contribution is 0.475. The summed E-state index contributed by atoms with van der Waals surface area (Å²) in [5, 5.41) is 26.3. The summed E-state index contributed by atoms with van der Waals surface area (Å²) in [6.45, 7) is 0. The van der Waals surface area contributed by atoms with E-state index in [2.05, 4.69) is 24.3 Å². The lowest BCUT2D eigenvalue weighted by atomic mass is 10.0. The molecule has 0 spiro atoms. The Morgan fingerprint density at radius 1 is 0.522 bits per heavy atom. The molecule has 23 heavy (non-hydrogen) atoms. The Bertz CT molecular complexity index is 1140. The second-order valence-electron chi connectivity index (χ2n) is 5.80. The summed E-state index contributed by atoms with van der Waals surface area (Å²) in [4.78, 5) is 0. The molecule has 0 bridgehead atoms. The third kappa shape index (κ3) is 1.74. The van der Waals surface area contributed by atoms with Crippen LogP contribution < -0.4 is 0 Å². The Kier molecular flexibility index (Phi) is 2.42. The van der Waals surface area contributed by atoms with E-state index >= 15 is 0 Å². The highest BCUT2D eigenvalue weighted by Gasteiger charge is 2.11. The number of benzene rings is 4. The van der Waals surface area contributed by atoms with E-state index in [1.54, 1.807) is 35.6 Å². The minimum atomic E-state index is 0.291. The zero-order valence-corrected chi connectivity index (χ0v) is 12.9. The summed E-state index contributed by atoms with van der Waals surface area (Å²) in [7, 11) is 0. The number of hydrogen-bond acceptors (Lipinski definition) is 3. The third-order valence-electron chi connectivity index (χ3n) is 4.40. The van der Waals surface area contributed by atoms with Crippen molar-refractivity contribution in [3.63, 3.8) is 0 Å². The number of phenolic OH excluding ortho intramolecular Hbond substituents is 2. The average molecular weight is 316 g/mol. The lowest BCUT2D eigenvalue weighted by Gasteiger charge is -2.01. The van der Waals surface area contributed by atoms with Crippen LogP contribution in [0.15, 0.2) is 60.7 Å². The summed E-state index contributed by atoms with van der Waals surface area (Å²) in [5.74, 6) is 0.581. The molecule has 1 heterocycles. The molecule has 0 radical (unpaired) electrons.